The number of carbonyl (C=O) groups excluding carboxylic acids is 1. The van der Waals surface area contributed by atoms with Crippen molar-refractivity contribution >= 4 is 28.7 Å². The monoisotopic (exact) mass is 515 g/mol. The van der Waals surface area contributed by atoms with Gasteiger partial charge in [-0.1, -0.05) is 11.6 Å². The summed E-state index contributed by atoms with van der Waals surface area (Å²) in [6, 6.07) is 5.46. The maximum atomic E-state index is 12.4. The summed E-state index contributed by atoms with van der Waals surface area (Å²) in [7, 11) is 0. The summed E-state index contributed by atoms with van der Waals surface area (Å²) in [5.74, 6) is 1.31. The van der Waals surface area contributed by atoms with Crippen molar-refractivity contribution in [3.05, 3.63) is 34.5 Å². The van der Waals surface area contributed by atoms with Gasteiger partial charge in [-0.3, -0.25) is 0 Å². The molecule has 0 unspecified atom stereocenters. The molecule has 3 aromatic rings. The molecular formula is C26H34ClN5O4. The third-order valence-electron chi connectivity index (χ3n) is 7.24. The largest absolute Gasteiger partial charge is 0.493 e. The average molecular weight is 516 g/mol. The van der Waals surface area contributed by atoms with Crippen LogP contribution < -0.4 is 0 Å². The van der Waals surface area contributed by atoms with Crippen molar-refractivity contribution in [3.63, 3.8) is 0 Å². The molecule has 2 aromatic heterocycles. The summed E-state index contributed by atoms with van der Waals surface area (Å²) in [4.78, 5) is 22.0. The van der Waals surface area contributed by atoms with Crippen LogP contribution in [0.3, 0.4) is 0 Å². The van der Waals surface area contributed by atoms with Gasteiger partial charge in [0.25, 0.3) is 0 Å². The Balaban J connectivity index is 1.41. The molecule has 2 saturated heterocycles. The number of nitrogens with one attached hydrogen (secondary N) is 1. The second kappa shape index (κ2) is 10.7. The van der Waals surface area contributed by atoms with Gasteiger partial charge in [-0.2, -0.15) is 9.78 Å². The molecule has 0 saturated carbocycles. The highest BCUT2D eigenvalue weighted by atomic mass is 35.5. The number of likely N-dealkylation sites (tertiary alicyclic amines) is 1. The highest BCUT2D eigenvalue weighted by Crippen LogP contribution is 2.37. The van der Waals surface area contributed by atoms with Crippen LogP contribution in [0.5, 0.6) is 5.88 Å². The van der Waals surface area contributed by atoms with Gasteiger partial charge in [0.15, 0.2) is 0 Å². The maximum absolute atomic E-state index is 12.4. The first-order chi connectivity index (χ1) is 17.4. The quantitative estimate of drug-likeness (QED) is 0.468. The smallest absolute Gasteiger partial charge is 0.410 e. The lowest BCUT2D eigenvalue weighted by Gasteiger charge is -2.31. The predicted octanol–water partition coefficient (Wildman–Crippen LogP) is 5.19. The normalized spacial score (nSPS) is 17.8. The first-order valence-corrected chi connectivity index (χ1v) is 13.3. The molecule has 2 fully saturated rings. The molecule has 2 aliphatic heterocycles. The highest BCUT2D eigenvalue weighted by Gasteiger charge is 2.31. The van der Waals surface area contributed by atoms with Crippen molar-refractivity contribution in [2.75, 3.05) is 26.3 Å². The van der Waals surface area contributed by atoms with Crippen LogP contribution in [-0.4, -0.2) is 68.3 Å². The van der Waals surface area contributed by atoms with Crippen LogP contribution in [0.2, 0.25) is 5.02 Å². The molecule has 9 nitrogen and oxygen atoms in total. The Morgan fingerprint density at radius 2 is 2.00 bits per heavy atom. The number of fused-ring (bicyclic) bond motifs is 1. The SMILES string of the molecule is CC(C)OC(=O)N1CCC(c2nn(-c3nc4cc(Cl)ccc4[nH]3)c(O)c2CCC2CCOCC2)CC1. The van der Waals surface area contributed by atoms with Crippen molar-refractivity contribution in [3.8, 4) is 11.8 Å². The number of imidazole rings is 1. The Hall–Kier alpha value is -2.78. The number of carbonyl (C=O) groups is 1. The van der Waals surface area contributed by atoms with E-state index in [9.17, 15) is 9.90 Å². The number of hydrogen-bond acceptors (Lipinski definition) is 6. The summed E-state index contributed by atoms with van der Waals surface area (Å²) >= 11 is 6.14. The summed E-state index contributed by atoms with van der Waals surface area (Å²) < 4.78 is 12.4. The van der Waals surface area contributed by atoms with Gasteiger partial charge in [0.2, 0.25) is 11.8 Å². The second-order valence-electron chi connectivity index (χ2n) is 10.1. The summed E-state index contributed by atoms with van der Waals surface area (Å²) in [6.45, 7) is 6.52. The molecule has 194 valence electrons. The molecule has 2 aliphatic rings. The van der Waals surface area contributed by atoms with E-state index in [0.717, 1.165) is 74.0 Å². The number of aromatic nitrogens is 4. The molecule has 36 heavy (non-hydrogen) atoms. The number of piperidine rings is 1. The van der Waals surface area contributed by atoms with Crippen molar-refractivity contribution in [2.45, 2.75) is 64.4 Å². The first-order valence-electron chi connectivity index (χ1n) is 12.9. The van der Waals surface area contributed by atoms with Gasteiger partial charge in [-0.05, 0) is 76.5 Å². The van der Waals surface area contributed by atoms with Crippen molar-refractivity contribution in [1.82, 2.24) is 24.6 Å². The van der Waals surface area contributed by atoms with Crippen LogP contribution in [0.25, 0.3) is 17.0 Å². The van der Waals surface area contributed by atoms with Gasteiger partial charge in [0, 0.05) is 42.8 Å². The van der Waals surface area contributed by atoms with E-state index in [2.05, 4.69) is 9.97 Å². The number of amides is 1. The zero-order chi connectivity index (χ0) is 25.2. The van der Waals surface area contributed by atoms with Gasteiger partial charge in [-0.25, -0.2) is 9.78 Å². The number of H-pyrrole nitrogens is 1. The number of benzene rings is 1. The fourth-order valence-corrected chi connectivity index (χ4v) is 5.40. The van der Waals surface area contributed by atoms with Crippen LogP contribution in [0, 0.1) is 5.92 Å². The lowest BCUT2D eigenvalue weighted by Crippen LogP contribution is -2.39. The number of halogens is 1. The van der Waals surface area contributed by atoms with Crippen molar-refractivity contribution in [1.29, 1.82) is 0 Å². The minimum Gasteiger partial charge on any atom is -0.493 e. The molecular weight excluding hydrogens is 482 g/mol. The van der Waals surface area contributed by atoms with Crippen LogP contribution in [0.4, 0.5) is 4.79 Å². The average Bonchev–Trinajstić information content (AvgIpc) is 3.43. The van der Waals surface area contributed by atoms with Crippen molar-refractivity contribution in [2.24, 2.45) is 5.92 Å². The fraction of sp³-hybridized carbons (Fsp3) is 0.577. The van der Waals surface area contributed by atoms with Gasteiger partial charge in [0.1, 0.15) is 0 Å². The molecule has 0 bridgehead atoms. The third kappa shape index (κ3) is 5.32. The maximum Gasteiger partial charge on any atom is 0.410 e. The van der Waals surface area contributed by atoms with Gasteiger partial charge in [0.05, 0.1) is 22.8 Å². The molecule has 0 radical (unpaired) electrons. The molecule has 4 heterocycles. The second-order valence-corrected chi connectivity index (χ2v) is 10.5. The molecule has 1 amide bonds. The van der Waals surface area contributed by atoms with E-state index < -0.39 is 0 Å². The molecule has 0 atom stereocenters. The molecule has 5 rings (SSSR count). The molecule has 10 heteroatoms. The van der Waals surface area contributed by atoms with Crippen LogP contribution in [-0.2, 0) is 15.9 Å². The van der Waals surface area contributed by atoms with E-state index in [0.29, 0.717) is 30.0 Å². The summed E-state index contributed by atoms with van der Waals surface area (Å²) in [5.41, 5.74) is 3.32. The van der Waals surface area contributed by atoms with Crippen LogP contribution >= 0.6 is 11.6 Å². The zero-order valence-corrected chi connectivity index (χ0v) is 21.6. The molecule has 1 aromatic carbocycles. The summed E-state index contributed by atoms with van der Waals surface area (Å²) in [5, 5.41) is 16.8. The number of aromatic amines is 1. The lowest BCUT2D eigenvalue weighted by molar-refractivity contribution is 0.0638. The Kier molecular flexibility index (Phi) is 7.39. The van der Waals surface area contributed by atoms with Gasteiger partial charge >= 0.3 is 6.09 Å². The third-order valence-corrected chi connectivity index (χ3v) is 7.48. The standard InChI is InChI=1S/C26H34ClN5O4/c1-16(2)36-26(34)31-11-7-18(8-12-31)23-20(5-3-17-9-13-35-14-10-17)24(33)32(30-23)25-28-21-6-4-19(27)15-22(21)29-25/h4,6,15-18,33H,3,5,7-14H2,1-2H3,(H,28,29). The minimum atomic E-state index is -0.266. The molecule has 2 N–H and O–H groups in total. The van der Waals surface area contributed by atoms with Gasteiger partial charge in [-0.15, -0.1) is 0 Å². The van der Waals surface area contributed by atoms with Crippen LogP contribution in [0.1, 0.15) is 63.1 Å². The molecule has 0 spiro atoms. The lowest BCUT2D eigenvalue weighted by atomic mass is 9.88. The Bertz CT molecular complexity index is 1210. The Labute approximate surface area is 215 Å². The van der Waals surface area contributed by atoms with E-state index in [1.165, 1.54) is 4.68 Å². The van der Waals surface area contributed by atoms with E-state index in [-0.39, 0.29) is 24.0 Å². The zero-order valence-electron chi connectivity index (χ0n) is 20.9. The van der Waals surface area contributed by atoms with E-state index in [4.69, 9.17) is 26.2 Å². The number of nitrogens with zero attached hydrogens (tertiary/aromatic N) is 4. The van der Waals surface area contributed by atoms with E-state index >= 15 is 0 Å². The number of aromatic hydroxyl groups is 1. The Morgan fingerprint density at radius 1 is 1.25 bits per heavy atom. The predicted molar refractivity (Wildman–Crippen MR) is 137 cm³/mol. The van der Waals surface area contributed by atoms with E-state index in [1.54, 1.807) is 17.0 Å². The Morgan fingerprint density at radius 3 is 2.72 bits per heavy atom. The number of hydrogen-bond donors (Lipinski definition) is 2. The highest BCUT2D eigenvalue weighted by molar-refractivity contribution is 6.31. The van der Waals surface area contributed by atoms with Crippen LogP contribution in [0.15, 0.2) is 18.2 Å². The first kappa shape index (κ1) is 24.9. The minimum absolute atomic E-state index is 0.129. The topological polar surface area (TPSA) is 106 Å². The molecule has 0 aliphatic carbocycles. The number of rotatable bonds is 6. The number of ether oxygens (including phenoxy) is 2. The summed E-state index contributed by atoms with van der Waals surface area (Å²) in [6.07, 6.45) is 4.94. The van der Waals surface area contributed by atoms with E-state index in [1.807, 2.05) is 19.9 Å². The fourth-order valence-electron chi connectivity index (χ4n) is 5.23. The van der Waals surface area contributed by atoms with Crippen molar-refractivity contribution < 1.29 is 19.4 Å². The van der Waals surface area contributed by atoms with Gasteiger partial charge < -0.3 is 24.5 Å².